The van der Waals surface area contributed by atoms with Crippen molar-refractivity contribution in [3.63, 3.8) is 0 Å². The summed E-state index contributed by atoms with van der Waals surface area (Å²) in [4.78, 5) is 39.3. The van der Waals surface area contributed by atoms with Gasteiger partial charge in [0.05, 0.1) is 0 Å². The molecule has 4 N–H and O–H groups in total. The Morgan fingerprint density at radius 3 is 2.41 bits per heavy atom. The predicted molar refractivity (Wildman–Crippen MR) is 110 cm³/mol. The molecule has 0 radical (unpaired) electrons. The molecule has 3 aromatic rings. The van der Waals surface area contributed by atoms with Crippen LogP contribution in [0.2, 0.25) is 0 Å². The first-order chi connectivity index (χ1) is 13.9. The van der Waals surface area contributed by atoms with Crippen LogP contribution in [-0.2, 0) is 16.0 Å². The molecule has 2 atom stereocenters. The molecule has 1 heterocycles. The van der Waals surface area contributed by atoms with Gasteiger partial charge in [-0.05, 0) is 30.7 Å². The molecule has 0 aliphatic carbocycles. The first-order valence-electron chi connectivity index (χ1n) is 9.37. The highest BCUT2D eigenvalue weighted by Gasteiger charge is 2.23. The van der Waals surface area contributed by atoms with Gasteiger partial charge in [-0.25, -0.2) is 4.79 Å². The molecule has 2 unspecified atom stereocenters. The molecule has 7 heteroatoms. The lowest BCUT2D eigenvalue weighted by molar-refractivity contribution is -0.141. The summed E-state index contributed by atoms with van der Waals surface area (Å²) in [5.74, 6) is -1.82. The number of nitrogens with one attached hydrogen (secondary N) is 3. The van der Waals surface area contributed by atoms with E-state index in [1.54, 1.807) is 37.4 Å². The molecule has 0 fully saturated rings. The summed E-state index contributed by atoms with van der Waals surface area (Å²) < 4.78 is 0. The van der Waals surface area contributed by atoms with Crippen molar-refractivity contribution < 1.29 is 19.5 Å². The normalized spacial score (nSPS) is 12.9. The zero-order valence-electron chi connectivity index (χ0n) is 16.0. The summed E-state index contributed by atoms with van der Waals surface area (Å²) in [6, 6.07) is 14.8. The van der Waals surface area contributed by atoms with Gasteiger partial charge in [0.2, 0.25) is 5.91 Å². The predicted octanol–water partition coefficient (Wildman–Crippen LogP) is 2.49. The Kier molecular flexibility index (Phi) is 6.29. The number of hydrogen-bond donors (Lipinski definition) is 4. The van der Waals surface area contributed by atoms with Crippen LogP contribution in [0.1, 0.15) is 29.3 Å². The SMILES string of the molecule is CC(CC(=O)NC(Cc1c[nH]c2ccccc12)C(=O)O)NC(=O)c1ccccc1. The summed E-state index contributed by atoms with van der Waals surface area (Å²) in [6.07, 6.45) is 1.90. The number of carbonyl (C=O) groups is 3. The Morgan fingerprint density at radius 2 is 1.69 bits per heavy atom. The lowest BCUT2D eigenvalue weighted by atomic mass is 10.0. The number of benzene rings is 2. The maximum Gasteiger partial charge on any atom is 0.326 e. The van der Waals surface area contributed by atoms with Gasteiger partial charge in [-0.2, -0.15) is 0 Å². The van der Waals surface area contributed by atoms with Crippen molar-refractivity contribution >= 4 is 28.7 Å². The minimum absolute atomic E-state index is 0.0176. The van der Waals surface area contributed by atoms with E-state index in [2.05, 4.69) is 15.6 Å². The molecular formula is C22H23N3O4. The topological polar surface area (TPSA) is 111 Å². The molecule has 3 rings (SSSR count). The number of carboxylic acid groups (broad SMARTS) is 1. The molecule has 2 amide bonds. The Labute approximate surface area is 168 Å². The highest BCUT2D eigenvalue weighted by molar-refractivity contribution is 5.94. The number of amides is 2. The zero-order chi connectivity index (χ0) is 20.8. The van der Waals surface area contributed by atoms with Crippen LogP contribution in [0.5, 0.6) is 0 Å². The number of aromatic nitrogens is 1. The second-order valence-corrected chi connectivity index (χ2v) is 6.97. The van der Waals surface area contributed by atoms with Gasteiger partial charge in [0, 0.05) is 41.5 Å². The highest BCUT2D eigenvalue weighted by Crippen LogP contribution is 2.19. The third kappa shape index (κ3) is 5.22. The van der Waals surface area contributed by atoms with Gasteiger partial charge < -0.3 is 20.7 Å². The molecule has 7 nitrogen and oxygen atoms in total. The third-order valence-electron chi connectivity index (χ3n) is 4.64. The third-order valence-corrected chi connectivity index (χ3v) is 4.64. The number of rotatable bonds is 8. The average molecular weight is 393 g/mol. The fourth-order valence-electron chi connectivity index (χ4n) is 3.20. The number of fused-ring (bicyclic) bond motifs is 1. The Balaban J connectivity index is 1.58. The van der Waals surface area contributed by atoms with Crippen molar-refractivity contribution in [2.75, 3.05) is 0 Å². The number of aliphatic carboxylic acids is 1. The van der Waals surface area contributed by atoms with E-state index in [0.29, 0.717) is 5.56 Å². The van der Waals surface area contributed by atoms with Gasteiger partial charge in [-0.3, -0.25) is 9.59 Å². The lowest BCUT2D eigenvalue weighted by Gasteiger charge is -2.17. The largest absolute Gasteiger partial charge is 0.480 e. The number of carboxylic acids is 1. The van der Waals surface area contributed by atoms with Crippen LogP contribution in [-0.4, -0.2) is 40.0 Å². The van der Waals surface area contributed by atoms with E-state index in [9.17, 15) is 19.5 Å². The van der Waals surface area contributed by atoms with Crippen molar-refractivity contribution in [3.8, 4) is 0 Å². The minimum atomic E-state index is -1.11. The molecule has 0 saturated heterocycles. The number of para-hydroxylation sites is 1. The molecule has 0 bridgehead atoms. The van der Waals surface area contributed by atoms with Crippen molar-refractivity contribution in [2.45, 2.75) is 31.8 Å². The summed E-state index contributed by atoms with van der Waals surface area (Å²) in [6.45, 7) is 1.70. The molecule has 150 valence electrons. The van der Waals surface area contributed by atoms with E-state index in [0.717, 1.165) is 16.5 Å². The number of aromatic amines is 1. The van der Waals surface area contributed by atoms with Gasteiger partial charge in [-0.15, -0.1) is 0 Å². The number of H-pyrrole nitrogens is 1. The molecular weight excluding hydrogens is 370 g/mol. The van der Waals surface area contributed by atoms with Gasteiger partial charge in [0.25, 0.3) is 5.91 Å². The van der Waals surface area contributed by atoms with Gasteiger partial charge >= 0.3 is 5.97 Å². The van der Waals surface area contributed by atoms with Crippen molar-refractivity contribution in [1.82, 2.24) is 15.6 Å². The van der Waals surface area contributed by atoms with E-state index < -0.39 is 24.0 Å². The van der Waals surface area contributed by atoms with Crippen LogP contribution in [0.25, 0.3) is 10.9 Å². The fraction of sp³-hybridized carbons (Fsp3) is 0.227. The van der Waals surface area contributed by atoms with E-state index in [1.165, 1.54) is 0 Å². The van der Waals surface area contributed by atoms with Crippen LogP contribution in [0.15, 0.2) is 60.8 Å². The van der Waals surface area contributed by atoms with E-state index in [4.69, 9.17) is 0 Å². The second-order valence-electron chi connectivity index (χ2n) is 6.97. The molecule has 0 saturated carbocycles. The molecule has 0 aliphatic rings. The van der Waals surface area contributed by atoms with Crippen molar-refractivity contribution in [2.24, 2.45) is 0 Å². The van der Waals surface area contributed by atoms with Gasteiger partial charge in [0.15, 0.2) is 0 Å². The first-order valence-corrected chi connectivity index (χ1v) is 9.37. The van der Waals surface area contributed by atoms with E-state index >= 15 is 0 Å². The van der Waals surface area contributed by atoms with Crippen LogP contribution in [0.3, 0.4) is 0 Å². The fourth-order valence-corrected chi connectivity index (χ4v) is 3.20. The molecule has 1 aromatic heterocycles. The van der Waals surface area contributed by atoms with Crippen LogP contribution in [0.4, 0.5) is 0 Å². The van der Waals surface area contributed by atoms with E-state index in [1.807, 2.05) is 30.3 Å². The van der Waals surface area contributed by atoms with Gasteiger partial charge in [0.1, 0.15) is 6.04 Å². The van der Waals surface area contributed by atoms with E-state index in [-0.39, 0.29) is 18.7 Å². The summed E-state index contributed by atoms with van der Waals surface area (Å²) in [7, 11) is 0. The van der Waals surface area contributed by atoms with Crippen LogP contribution < -0.4 is 10.6 Å². The maximum atomic E-state index is 12.3. The smallest absolute Gasteiger partial charge is 0.326 e. The minimum Gasteiger partial charge on any atom is -0.480 e. The summed E-state index contributed by atoms with van der Waals surface area (Å²) in [5, 5.41) is 15.8. The number of carbonyl (C=O) groups excluding carboxylic acids is 2. The Hall–Kier alpha value is -3.61. The number of hydrogen-bond acceptors (Lipinski definition) is 3. The highest BCUT2D eigenvalue weighted by atomic mass is 16.4. The van der Waals surface area contributed by atoms with Crippen molar-refractivity contribution in [1.29, 1.82) is 0 Å². The van der Waals surface area contributed by atoms with Crippen molar-refractivity contribution in [3.05, 3.63) is 71.9 Å². The molecule has 0 aliphatic heterocycles. The van der Waals surface area contributed by atoms with Gasteiger partial charge in [-0.1, -0.05) is 36.4 Å². The quantitative estimate of drug-likeness (QED) is 0.471. The van der Waals surface area contributed by atoms with Crippen LogP contribution in [0, 0.1) is 0 Å². The molecule has 0 spiro atoms. The Morgan fingerprint density at radius 1 is 1.00 bits per heavy atom. The summed E-state index contributed by atoms with van der Waals surface area (Å²) >= 11 is 0. The monoisotopic (exact) mass is 393 g/mol. The molecule has 2 aromatic carbocycles. The lowest BCUT2D eigenvalue weighted by Crippen LogP contribution is -2.45. The standard InChI is InChI=1S/C22H23N3O4/c1-14(24-21(27)15-7-3-2-4-8-15)11-20(26)25-19(22(28)29)12-16-13-23-18-10-6-5-9-17(16)18/h2-10,13-14,19,23H,11-12H2,1H3,(H,24,27)(H,25,26)(H,28,29). The Bertz CT molecular complexity index is 1010. The summed E-state index contributed by atoms with van der Waals surface area (Å²) in [5.41, 5.74) is 2.23. The zero-order valence-corrected chi connectivity index (χ0v) is 16.0. The molecule has 29 heavy (non-hydrogen) atoms. The average Bonchev–Trinajstić information content (AvgIpc) is 3.11. The van der Waals surface area contributed by atoms with Crippen LogP contribution >= 0.6 is 0 Å². The maximum absolute atomic E-state index is 12.3. The second kappa shape index (κ2) is 9.05. The first kappa shape index (κ1) is 20.1.